The van der Waals surface area contributed by atoms with E-state index in [1.165, 1.54) is 24.3 Å². The Morgan fingerprint density at radius 2 is 1.88 bits per heavy atom. The lowest BCUT2D eigenvalue weighted by atomic mass is 10.2. The van der Waals surface area contributed by atoms with Crippen LogP contribution in [0, 0.1) is 5.82 Å². The fourth-order valence-corrected chi connectivity index (χ4v) is 2.83. The Labute approximate surface area is 156 Å². The number of aromatic nitrogens is 2. The van der Waals surface area contributed by atoms with E-state index in [9.17, 15) is 9.18 Å². The summed E-state index contributed by atoms with van der Waals surface area (Å²) in [6.07, 6.45) is -0.759. The predicted octanol–water partition coefficient (Wildman–Crippen LogP) is 4.51. The summed E-state index contributed by atoms with van der Waals surface area (Å²) in [7, 11) is 0. The number of nitrogens with zero attached hydrogens (tertiary/aromatic N) is 2. The molecule has 25 heavy (non-hydrogen) atoms. The van der Waals surface area contributed by atoms with Gasteiger partial charge in [0, 0.05) is 21.6 Å². The molecule has 3 rings (SSSR count). The largest absolute Gasteiger partial charge is 0.481 e. The molecular formula is C17H13BrFN3O2S. The molecule has 0 fully saturated rings. The van der Waals surface area contributed by atoms with E-state index in [2.05, 4.69) is 30.6 Å². The zero-order valence-corrected chi connectivity index (χ0v) is 15.5. The third-order valence-corrected chi connectivity index (χ3v) is 4.41. The normalized spacial score (nSPS) is 11.8. The number of halogens is 2. The van der Waals surface area contributed by atoms with Crippen molar-refractivity contribution < 1.29 is 13.9 Å². The molecule has 1 atom stereocenters. The second-order valence-corrected chi connectivity index (χ2v) is 6.80. The van der Waals surface area contributed by atoms with Gasteiger partial charge in [-0.25, -0.2) is 4.39 Å². The standard InChI is InChI=1S/C17H13BrFN3O2S/c1-10(24-14-8-6-13(19)7-9-14)16(23)21-17-20-15(22-25-17)11-2-4-12(18)5-3-11/h2-10H,1H3,(H,20,21,22,23)/t10-/m0/s1. The van der Waals surface area contributed by atoms with Gasteiger partial charge in [0.2, 0.25) is 5.13 Å². The van der Waals surface area contributed by atoms with Gasteiger partial charge in [-0.2, -0.15) is 9.36 Å². The van der Waals surface area contributed by atoms with Crippen molar-refractivity contribution in [1.82, 2.24) is 9.36 Å². The molecule has 0 aliphatic carbocycles. The maximum Gasteiger partial charge on any atom is 0.266 e. The molecule has 1 N–H and O–H groups in total. The lowest BCUT2D eigenvalue weighted by Crippen LogP contribution is -2.30. The topological polar surface area (TPSA) is 64.1 Å². The lowest BCUT2D eigenvalue weighted by Gasteiger charge is -2.13. The van der Waals surface area contributed by atoms with Crippen molar-refractivity contribution in [2.24, 2.45) is 0 Å². The van der Waals surface area contributed by atoms with E-state index in [0.717, 1.165) is 21.6 Å². The molecule has 0 bridgehead atoms. The summed E-state index contributed by atoms with van der Waals surface area (Å²) >= 11 is 4.47. The monoisotopic (exact) mass is 421 g/mol. The second kappa shape index (κ2) is 7.71. The number of nitrogens with one attached hydrogen (secondary N) is 1. The van der Waals surface area contributed by atoms with Crippen molar-refractivity contribution in [3.05, 3.63) is 58.8 Å². The number of anilines is 1. The molecule has 0 saturated carbocycles. The van der Waals surface area contributed by atoms with Crippen LogP contribution in [0.2, 0.25) is 0 Å². The molecular weight excluding hydrogens is 409 g/mol. The van der Waals surface area contributed by atoms with Crippen molar-refractivity contribution in [3.63, 3.8) is 0 Å². The van der Waals surface area contributed by atoms with Crippen LogP contribution in [0.4, 0.5) is 9.52 Å². The highest BCUT2D eigenvalue weighted by atomic mass is 79.9. The molecule has 0 aliphatic heterocycles. The number of hydrogen-bond donors (Lipinski definition) is 1. The number of amides is 1. The molecule has 8 heteroatoms. The third kappa shape index (κ3) is 4.61. The Morgan fingerprint density at radius 1 is 1.20 bits per heavy atom. The number of carbonyl (C=O) groups is 1. The first-order valence-corrected chi connectivity index (χ1v) is 8.90. The highest BCUT2D eigenvalue weighted by Gasteiger charge is 2.17. The number of rotatable bonds is 5. The fraction of sp³-hybridized carbons (Fsp3) is 0.118. The maximum atomic E-state index is 12.9. The molecule has 0 unspecified atom stereocenters. The van der Waals surface area contributed by atoms with Gasteiger partial charge in [0.25, 0.3) is 5.91 Å². The van der Waals surface area contributed by atoms with Gasteiger partial charge in [-0.1, -0.05) is 28.1 Å². The van der Waals surface area contributed by atoms with E-state index >= 15 is 0 Å². The first-order valence-electron chi connectivity index (χ1n) is 7.34. The Balaban J connectivity index is 1.62. The van der Waals surface area contributed by atoms with Gasteiger partial charge in [-0.05, 0) is 43.3 Å². The molecule has 0 saturated heterocycles. The van der Waals surface area contributed by atoms with Crippen LogP contribution in [0.1, 0.15) is 6.92 Å². The summed E-state index contributed by atoms with van der Waals surface area (Å²) in [6.45, 7) is 1.61. The molecule has 0 aliphatic rings. The molecule has 5 nitrogen and oxygen atoms in total. The lowest BCUT2D eigenvalue weighted by molar-refractivity contribution is -0.122. The minimum atomic E-state index is -0.759. The molecule has 1 heterocycles. The first-order chi connectivity index (χ1) is 12.0. The average Bonchev–Trinajstić information content (AvgIpc) is 3.06. The Morgan fingerprint density at radius 3 is 2.56 bits per heavy atom. The SMILES string of the molecule is C[C@H](Oc1ccc(F)cc1)C(=O)Nc1nc(-c2ccc(Br)cc2)ns1. The van der Waals surface area contributed by atoms with Crippen LogP contribution >= 0.6 is 27.5 Å². The zero-order valence-electron chi connectivity index (χ0n) is 13.1. The third-order valence-electron chi connectivity index (χ3n) is 3.25. The van der Waals surface area contributed by atoms with Gasteiger partial charge in [0.05, 0.1) is 0 Å². The number of ether oxygens (including phenoxy) is 1. The van der Waals surface area contributed by atoms with Crippen molar-refractivity contribution in [2.75, 3.05) is 5.32 Å². The Kier molecular flexibility index (Phi) is 5.40. The van der Waals surface area contributed by atoms with E-state index < -0.39 is 6.10 Å². The summed E-state index contributed by atoms with van der Waals surface area (Å²) in [5.74, 6) is 0.235. The van der Waals surface area contributed by atoms with Crippen molar-refractivity contribution in [1.29, 1.82) is 0 Å². The maximum absolute atomic E-state index is 12.9. The smallest absolute Gasteiger partial charge is 0.266 e. The summed E-state index contributed by atoms with van der Waals surface area (Å²) in [5, 5.41) is 3.06. The van der Waals surface area contributed by atoms with Crippen LogP contribution in [0.15, 0.2) is 53.0 Å². The highest BCUT2D eigenvalue weighted by Crippen LogP contribution is 2.23. The van der Waals surface area contributed by atoms with E-state index in [-0.39, 0.29) is 11.7 Å². The van der Waals surface area contributed by atoms with E-state index in [1.807, 2.05) is 24.3 Å². The Bertz CT molecular complexity index is 868. The van der Waals surface area contributed by atoms with Gasteiger partial charge in [0.15, 0.2) is 11.9 Å². The van der Waals surface area contributed by atoms with E-state index in [0.29, 0.717) is 16.7 Å². The fourth-order valence-electron chi connectivity index (χ4n) is 1.97. The van der Waals surface area contributed by atoms with Gasteiger partial charge in [0.1, 0.15) is 11.6 Å². The number of carbonyl (C=O) groups excluding carboxylic acids is 1. The highest BCUT2D eigenvalue weighted by molar-refractivity contribution is 9.10. The second-order valence-electron chi connectivity index (χ2n) is 5.13. The predicted molar refractivity (Wildman–Crippen MR) is 98.2 cm³/mol. The van der Waals surface area contributed by atoms with Crippen LogP contribution < -0.4 is 10.1 Å². The van der Waals surface area contributed by atoms with Gasteiger partial charge in [-0.15, -0.1) is 0 Å². The first kappa shape index (κ1) is 17.5. The Hall–Kier alpha value is -2.32. The van der Waals surface area contributed by atoms with Gasteiger partial charge < -0.3 is 4.74 Å². The van der Waals surface area contributed by atoms with Crippen LogP contribution in [-0.2, 0) is 4.79 Å². The molecule has 3 aromatic rings. The zero-order chi connectivity index (χ0) is 17.8. The van der Waals surface area contributed by atoms with Crippen LogP contribution in [0.3, 0.4) is 0 Å². The summed E-state index contributed by atoms with van der Waals surface area (Å²) in [4.78, 5) is 16.5. The van der Waals surface area contributed by atoms with Crippen molar-refractivity contribution in [2.45, 2.75) is 13.0 Å². The van der Waals surface area contributed by atoms with Crippen LogP contribution in [-0.4, -0.2) is 21.4 Å². The molecule has 128 valence electrons. The number of hydrogen-bond acceptors (Lipinski definition) is 5. The molecule has 1 amide bonds. The average molecular weight is 422 g/mol. The van der Waals surface area contributed by atoms with Crippen LogP contribution in [0.5, 0.6) is 5.75 Å². The number of benzene rings is 2. The van der Waals surface area contributed by atoms with Gasteiger partial charge in [-0.3, -0.25) is 10.1 Å². The minimum absolute atomic E-state index is 0.358. The summed E-state index contributed by atoms with van der Waals surface area (Å²) in [6, 6.07) is 13.0. The van der Waals surface area contributed by atoms with Crippen LogP contribution in [0.25, 0.3) is 11.4 Å². The summed E-state index contributed by atoms with van der Waals surface area (Å²) in [5.41, 5.74) is 0.857. The summed E-state index contributed by atoms with van der Waals surface area (Å²) < 4.78 is 23.6. The molecule has 0 radical (unpaired) electrons. The van der Waals surface area contributed by atoms with Crippen molar-refractivity contribution >= 4 is 38.5 Å². The molecule has 0 spiro atoms. The quantitative estimate of drug-likeness (QED) is 0.657. The van der Waals surface area contributed by atoms with Gasteiger partial charge >= 0.3 is 0 Å². The molecule has 2 aromatic carbocycles. The van der Waals surface area contributed by atoms with Crippen molar-refractivity contribution in [3.8, 4) is 17.1 Å². The molecule has 1 aromatic heterocycles. The minimum Gasteiger partial charge on any atom is -0.481 e. The van der Waals surface area contributed by atoms with E-state index in [4.69, 9.17) is 4.74 Å². The van der Waals surface area contributed by atoms with E-state index in [1.54, 1.807) is 6.92 Å².